The maximum Gasteiger partial charge on any atom is 0.373 e. The van der Waals surface area contributed by atoms with Crippen LogP contribution in [0.3, 0.4) is 0 Å². The fourth-order valence-corrected chi connectivity index (χ4v) is 7.02. The molecule has 1 saturated heterocycles. The van der Waals surface area contributed by atoms with Gasteiger partial charge in [-0.3, -0.25) is 62.5 Å². The van der Waals surface area contributed by atoms with E-state index >= 15 is 0 Å². The zero-order chi connectivity index (χ0) is 58.6. The van der Waals surface area contributed by atoms with Crippen LogP contribution in [0.2, 0.25) is 0 Å². The molecule has 10 amide bonds. The van der Waals surface area contributed by atoms with Gasteiger partial charge in [0.15, 0.2) is 0 Å². The van der Waals surface area contributed by atoms with Gasteiger partial charge in [-0.2, -0.15) is 45.7 Å². The van der Waals surface area contributed by atoms with Gasteiger partial charge >= 0.3 is 12.1 Å². The highest BCUT2D eigenvalue weighted by Gasteiger charge is 2.44. The largest absolute Gasteiger partial charge is 0.480 e. The number of carboxylic acid groups (broad SMARTS) is 1. The Labute approximate surface area is 451 Å². The van der Waals surface area contributed by atoms with Crippen LogP contribution < -0.4 is 54.8 Å². The Hall–Kier alpha value is -5.07. The van der Waals surface area contributed by atoms with E-state index in [1.54, 1.807) is 53.4 Å². The van der Waals surface area contributed by atoms with Gasteiger partial charge in [0.25, 0.3) is 11.8 Å². The first-order valence-electron chi connectivity index (χ1n) is 22.8. The van der Waals surface area contributed by atoms with Crippen molar-refractivity contribution < 1.29 is 67.4 Å². The number of nitrogens with two attached hydrogens (primary N) is 4. The number of imide groups is 2. The molecule has 2 heterocycles. The van der Waals surface area contributed by atoms with Crippen molar-refractivity contribution in [3.05, 3.63) is 12.2 Å². The minimum Gasteiger partial charge on any atom is -0.480 e. The number of hydrogen-bond donors (Lipinski definition) is 12. The fraction of sp³-hybridized carbons (Fsp3) is 0.682. The fourth-order valence-electron chi connectivity index (χ4n) is 5.60. The molecule has 0 aromatic rings. The van der Waals surface area contributed by atoms with Crippen LogP contribution in [0.5, 0.6) is 0 Å². The van der Waals surface area contributed by atoms with Crippen LogP contribution in [0.1, 0.15) is 75.2 Å². The summed E-state index contributed by atoms with van der Waals surface area (Å²) in [5, 5.41) is 23.1. The molecule has 0 saturated carbocycles. The lowest BCUT2D eigenvalue weighted by Crippen LogP contribution is -2.54. The molecule has 7 unspecified atom stereocenters. The average molecular weight is 1130 g/mol. The lowest BCUT2D eigenvalue weighted by Gasteiger charge is -2.25. The molecule has 2 rings (SSSR count). The van der Waals surface area contributed by atoms with Gasteiger partial charge < -0.3 is 59.9 Å². The van der Waals surface area contributed by atoms with Gasteiger partial charge in [-0.25, -0.2) is 0 Å². The highest BCUT2D eigenvalue weighted by atomic mass is 32.2. The van der Waals surface area contributed by atoms with Gasteiger partial charge in [0, 0.05) is 75.3 Å². The lowest BCUT2D eigenvalue weighted by atomic mass is 10.2. The average Bonchev–Trinajstić information content (AvgIpc) is 3.80. The summed E-state index contributed by atoms with van der Waals surface area (Å²) < 4.78 is 0. The van der Waals surface area contributed by atoms with Crippen molar-refractivity contribution in [2.75, 3.05) is 51.2 Å². The predicted molar refractivity (Wildman–Crippen MR) is 288 cm³/mol. The van der Waals surface area contributed by atoms with Crippen LogP contribution in [0.15, 0.2) is 12.2 Å². The Bertz CT molecular complexity index is 1870. The van der Waals surface area contributed by atoms with E-state index < -0.39 is 64.3 Å². The second-order valence-corrected chi connectivity index (χ2v) is 19.7. The van der Waals surface area contributed by atoms with Gasteiger partial charge in [0.2, 0.25) is 47.3 Å². The molecule has 26 nitrogen and oxygen atoms in total. The third-order valence-electron chi connectivity index (χ3n) is 9.08. The van der Waals surface area contributed by atoms with Crippen molar-refractivity contribution in [1.82, 2.24) is 41.7 Å². The molecule has 1 fully saturated rings. The molecule has 0 aromatic heterocycles. The highest BCUT2D eigenvalue weighted by molar-refractivity contribution is 8.00. The number of carbonyl (C=O) groups is 11. The van der Waals surface area contributed by atoms with Gasteiger partial charge in [-0.05, 0) is 87.3 Å². The Kier molecular flexibility index (Phi) is 43.0. The predicted octanol–water partition coefficient (Wildman–Crippen LogP) is -3.08. The van der Waals surface area contributed by atoms with Crippen LogP contribution in [0, 0.1) is 0 Å². The molecule has 0 spiro atoms. The van der Waals surface area contributed by atoms with Crippen molar-refractivity contribution in [2.24, 2.45) is 22.9 Å². The van der Waals surface area contributed by atoms with Gasteiger partial charge in [-0.1, -0.05) is 0 Å². The van der Waals surface area contributed by atoms with Gasteiger partial charge in [-0.15, -0.1) is 11.8 Å². The van der Waals surface area contributed by atoms with Crippen LogP contribution in [-0.2, 0) is 62.3 Å². The molecular formula is C44H80N12O14S4. The minimum atomic E-state index is -1.06. The van der Waals surface area contributed by atoms with E-state index in [1.165, 1.54) is 23.5 Å². The Morgan fingerprint density at radius 1 is 0.608 bits per heavy atom. The van der Waals surface area contributed by atoms with Crippen LogP contribution >= 0.6 is 47.9 Å². The highest BCUT2D eigenvalue weighted by Crippen LogP contribution is 2.25. The number of likely N-dealkylation sites (tertiary alicyclic amines) is 1. The number of carboxylic acids is 1. The molecule has 7 atom stereocenters. The summed E-state index contributed by atoms with van der Waals surface area (Å²) in [6.45, 7) is 16.2. The van der Waals surface area contributed by atoms with Crippen molar-refractivity contribution >= 4 is 119 Å². The molecule has 0 aromatic carbocycles. The number of nitrogens with zero attached hydrogens (tertiary/aromatic N) is 2. The van der Waals surface area contributed by atoms with E-state index in [0.29, 0.717) is 0 Å². The molecule has 2 aliphatic rings. The summed E-state index contributed by atoms with van der Waals surface area (Å²) >= 11 is 7.34. The van der Waals surface area contributed by atoms with Crippen LogP contribution in [0.25, 0.3) is 0 Å². The van der Waals surface area contributed by atoms with E-state index in [-0.39, 0.29) is 110 Å². The lowest BCUT2D eigenvalue weighted by molar-refractivity contribution is -0.192. The first-order chi connectivity index (χ1) is 34.5. The van der Waals surface area contributed by atoms with Crippen molar-refractivity contribution in [1.29, 1.82) is 0 Å². The molecule has 0 bridgehead atoms. The van der Waals surface area contributed by atoms with E-state index in [0.717, 1.165) is 33.7 Å². The maximum absolute atomic E-state index is 12.0. The number of aliphatic carboxylic acids is 1. The monoisotopic (exact) mass is 1130 g/mol. The topological polar surface area (TPSA) is 425 Å². The molecule has 2 aliphatic heterocycles. The quantitative estimate of drug-likeness (QED) is 0.0357. The Morgan fingerprint density at radius 3 is 1.27 bits per heavy atom. The molecular weight excluding hydrogens is 1050 g/mol. The van der Waals surface area contributed by atoms with E-state index in [9.17, 15) is 52.7 Å². The molecule has 0 aliphatic carbocycles. The third kappa shape index (κ3) is 30.3. The zero-order valence-corrected chi connectivity index (χ0v) is 47.7. The standard InChI is InChI=1S/C11H21N3O4S.C11H19N3O3S.C10H15N3O3.C10H21N3O2S.CO2.CH4S/c1-6(2)13-10(16)7(5-12)14-9(15)4-8(19-3)11(17)18;1-6(2)13-10(16)7(5-12)14-9(15)4-8(18-3)11(14)17;1-6(2)12-10(16)7(5-11)13-8(14)3-4-9(13)15;1-6(2)12-10(15)8(5-11)13-9(14)7(3)16-4;2-1-3;1-2/h6-8H,4-5,12H2,1-3H3,(H,13,16)(H,14,15)(H,17,18);6-8H,4-5,12H2,1-3H3,(H,13,16);3-4,6-7H,5,11H2,1-2H3,(H,12,16);6-8H,5,11H2,1-4H3,(H,12,15)(H,13,14);;2H,1H3. The van der Waals surface area contributed by atoms with Crippen molar-refractivity contribution in [2.45, 2.75) is 139 Å². The number of amides is 10. The van der Waals surface area contributed by atoms with Crippen molar-refractivity contribution in [3.63, 3.8) is 0 Å². The Morgan fingerprint density at radius 2 is 0.973 bits per heavy atom. The van der Waals surface area contributed by atoms with Crippen LogP contribution in [0.4, 0.5) is 0 Å². The van der Waals surface area contributed by atoms with E-state index in [1.807, 2.05) is 34.0 Å². The SMILES string of the molecule is CC(C)NC(=O)C(CN)N1C(=O)C=CC1=O.CS.CSC(C)C(=O)NC(CN)C(=O)NC(C)C.CSC(CC(=O)NC(CN)C(=O)NC(C)C)C(=O)O.CSC1CC(=O)N(C(CN)C(=O)NC(C)C)C1=O.O=C=O. The van der Waals surface area contributed by atoms with E-state index in [2.05, 4.69) is 44.5 Å². The summed E-state index contributed by atoms with van der Waals surface area (Å²) in [5.41, 5.74) is 21.8. The first kappa shape index (κ1) is 75.4. The van der Waals surface area contributed by atoms with Crippen molar-refractivity contribution in [3.8, 4) is 0 Å². The van der Waals surface area contributed by atoms with Gasteiger partial charge in [0.05, 0.1) is 10.5 Å². The van der Waals surface area contributed by atoms with E-state index in [4.69, 9.17) is 37.6 Å². The second-order valence-electron chi connectivity index (χ2n) is 16.4. The number of nitrogens with one attached hydrogen (secondary N) is 6. The maximum atomic E-state index is 12.0. The number of rotatable bonds is 23. The number of thiol groups is 1. The number of carbonyl (C=O) groups excluding carboxylic acids is 12. The molecule has 15 N–H and O–H groups in total. The number of hydrogen-bond acceptors (Lipinski definition) is 21. The smallest absolute Gasteiger partial charge is 0.373 e. The molecule has 0 radical (unpaired) electrons. The molecule has 424 valence electrons. The summed E-state index contributed by atoms with van der Waals surface area (Å²) in [6, 6.07) is -3.47. The minimum absolute atomic E-state index is 0.0384. The Balaban J connectivity index is -0.000000429. The number of thioether (sulfide) groups is 3. The third-order valence-corrected chi connectivity index (χ3v) is 11.9. The second kappa shape index (κ2) is 42.2. The van der Waals surface area contributed by atoms with Gasteiger partial charge in [0.1, 0.15) is 29.4 Å². The normalized spacial score (nSPS) is 15.8. The molecule has 30 heteroatoms. The first-order valence-corrected chi connectivity index (χ1v) is 27.6. The summed E-state index contributed by atoms with van der Waals surface area (Å²) in [6.07, 6.45) is 9.38. The zero-order valence-electron chi connectivity index (χ0n) is 44.4. The molecule has 74 heavy (non-hydrogen) atoms. The summed E-state index contributed by atoms with van der Waals surface area (Å²) in [7, 11) is 0. The summed E-state index contributed by atoms with van der Waals surface area (Å²) in [5.74, 6) is -4.77. The summed E-state index contributed by atoms with van der Waals surface area (Å²) in [4.78, 5) is 146. The van der Waals surface area contributed by atoms with Crippen LogP contribution in [-0.4, -0.2) is 201 Å².